The second kappa shape index (κ2) is 10.6. The number of hydrogen-bond donors (Lipinski definition) is 2. The van der Waals surface area contributed by atoms with Gasteiger partial charge in [-0.15, -0.1) is 0 Å². The van der Waals surface area contributed by atoms with E-state index in [-0.39, 0.29) is 6.61 Å². The summed E-state index contributed by atoms with van der Waals surface area (Å²) in [5, 5.41) is 11.7. The van der Waals surface area contributed by atoms with Gasteiger partial charge in [0.15, 0.2) is 0 Å². The number of aliphatic carboxylic acids is 1. The van der Waals surface area contributed by atoms with Crippen LogP contribution in [0.15, 0.2) is 30.3 Å². The van der Waals surface area contributed by atoms with Gasteiger partial charge in [0.05, 0.1) is 0 Å². The number of alkyl carbamates (subject to hydrolysis) is 1. The van der Waals surface area contributed by atoms with Crippen molar-refractivity contribution < 1.29 is 38.5 Å². The Bertz CT molecular complexity index is 781. The number of rotatable bonds is 7. The van der Waals surface area contributed by atoms with E-state index in [9.17, 15) is 24.3 Å². The molecule has 0 saturated heterocycles. The first-order valence-electron chi connectivity index (χ1n) is 9.59. The summed E-state index contributed by atoms with van der Waals surface area (Å²) >= 11 is 0. The summed E-state index contributed by atoms with van der Waals surface area (Å²) in [6.07, 6.45) is -4.13. The van der Waals surface area contributed by atoms with Crippen molar-refractivity contribution in [3.05, 3.63) is 35.9 Å². The first-order chi connectivity index (χ1) is 14.2. The Labute approximate surface area is 181 Å². The Morgan fingerprint density at radius 1 is 0.968 bits per heavy atom. The van der Waals surface area contributed by atoms with E-state index in [4.69, 9.17) is 14.2 Å². The third-order valence-corrected chi connectivity index (χ3v) is 3.36. The van der Waals surface area contributed by atoms with Gasteiger partial charge in [0.25, 0.3) is 0 Å². The summed E-state index contributed by atoms with van der Waals surface area (Å²) in [7, 11) is 0. The van der Waals surface area contributed by atoms with Gasteiger partial charge >= 0.3 is 24.1 Å². The van der Waals surface area contributed by atoms with Gasteiger partial charge in [0, 0.05) is 0 Å². The number of carbonyl (C=O) groups is 4. The van der Waals surface area contributed by atoms with E-state index < -0.39 is 48.0 Å². The molecule has 0 aromatic heterocycles. The lowest BCUT2D eigenvalue weighted by molar-refractivity contribution is -0.158. The van der Waals surface area contributed by atoms with Crippen molar-refractivity contribution in [1.82, 2.24) is 10.2 Å². The third-order valence-electron chi connectivity index (χ3n) is 3.36. The predicted molar refractivity (Wildman–Crippen MR) is 110 cm³/mol. The summed E-state index contributed by atoms with van der Waals surface area (Å²) in [5.74, 6) is -2.46. The van der Waals surface area contributed by atoms with E-state index in [1.807, 2.05) is 0 Å². The quantitative estimate of drug-likeness (QED) is 0.377. The molecule has 10 nitrogen and oxygen atoms in total. The predicted octanol–water partition coefficient (Wildman–Crippen LogP) is 2.90. The number of nitrogens with zero attached hydrogens (tertiary/aromatic N) is 1. The lowest BCUT2D eigenvalue weighted by Gasteiger charge is -2.31. The highest BCUT2D eigenvalue weighted by atomic mass is 16.6. The average molecular weight is 438 g/mol. The van der Waals surface area contributed by atoms with Crippen LogP contribution in [0.2, 0.25) is 0 Å². The first-order valence-corrected chi connectivity index (χ1v) is 9.59. The normalized spacial score (nSPS) is 12.3. The first kappa shape index (κ1) is 25.7. The maximum absolute atomic E-state index is 12.6. The molecule has 0 aliphatic carbocycles. The molecule has 0 saturated carbocycles. The number of esters is 1. The van der Waals surface area contributed by atoms with Gasteiger partial charge in [-0.3, -0.25) is 15.0 Å². The summed E-state index contributed by atoms with van der Waals surface area (Å²) < 4.78 is 15.4. The molecule has 0 spiro atoms. The zero-order valence-electron chi connectivity index (χ0n) is 18.6. The van der Waals surface area contributed by atoms with Crippen LogP contribution in [0.3, 0.4) is 0 Å². The highest BCUT2D eigenvalue weighted by Crippen LogP contribution is 2.14. The van der Waals surface area contributed by atoms with E-state index in [2.05, 4.69) is 5.32 Å². The van der Waals surface area contributed by atoms with Crippen LogP contribution in [0.1, 0.15) is 47.1 Å². The molecule has 0 bridgehead atoms. The van der Waals surface area contributed by atoms with Crippen LogP contribution in [0.25, 0.3) is 0 Å². The Kier molecular flexibility index (Phi) is 8.84. The van der Waals surface area contributed by atoms with Crippen LogP contribution in [0.5, 0.6) is 0 Å². The van der Waals surface area contributed by atoms with Crippen molar-refractivity contribution >= 4 is 24.1 Å². The average Bonchev–Trinajstić information content (AvgIpc) is 2.60. The van der Waals surface area contributed by atoms with Crippen molar-refractivity contribution in [1.29, 1.82) is 0 Å². The Balaban J connectivity index is 2.99. The minimum atomic E-state index is -1.93. The van der Waals surface area contributed by atoms with E-state index in [0.29, 0.717) is 10.5 Å². The van der Waals surface area contributed by atoms with Crippen LogP contribution in [-0.4, -0.2) is 58.0 Å². The minimum absolute atomic E-state index is 0.114. The highest BCUT2D eigenvalue weighted by molar-refractivity contribution is 5.86. The zero-order valence-corrected chi connectivity index (χ0v) is 18.6. The van der Waals surface area contributed by atoms with E-state index in [1.165, 1.54) is 0 Å². The lowest BCUT2D eigenvalue weighted by atomic mass is 10.2. The standard InChI is InChI=1S/C21H30N2O8/c1-20(2,3)30-15(24)12-23(19(28)31-21(4,5)6)16(17(25)26)22-18(27)29-13-14-10-8-7-9-11-14/h7-11,16H,12-13H2,1-6H3,(H,22,27)(H,25,26). The highest BCUT2D eigenvalue weighted by Gasteiger charge is 2.37. The van der Waals surface area contributed by atoms with Gasteiger partial charge in [-0.1, -0.05) is 30.3 Å². The minimum Gasteiger partial charge on any atom is -0.478 e. The van der Waals surface area contributed by atoms with E-state index in [1.54, 1.807) is 71.9 Å². The van der Waals surface area contributed by atoms with Crippen molar-refractivity contribution in [2.75, 3.05) is 6.54 Å². The zero-order chi connectivity index (χ0) is 23.8. The van der Waals surface area contributed by atoms with Crippen LogP contribution >= 0.6 is 0 Å². The molecule has 10 heteroatoms. The van der Waals surface area contributed by atoms with Crippen molar-refractivity contribution in [3.63, 3.8) is 0 Å². The maximum Gasteiger partial charge on any atom is 0.412 e. The SMILES string of the molecule is CC(C)(C)OC(=O)CN(C(=O)OC(C)(C)C)C(NC(=O)OCc1ccccc1)C(=O)O. The molecule has 1 rings (SSSR count). The van der Waals surface area contributed by atoms with Crippen molar-refractivity contribution in [3.8, 4) is 0 Å². The molecule has 0 aliphatic rings. The lowest BCUT2D eigenvalue weighted by Crippen LogP contribution is -2.58. The Morgan fingerprint density at radius 3 is 2.00 bits per heavy atom. The number of nitrogens with one attached hydrogen (secondary N) is 1. The van der Waals surface area contributed by atoms with Gasteiger partial charge in [-0.05, 0) is 47.1 Å². The summed E-state index contributed by atoms with van der Waals surface area (Å²) in [6, 6.07) is 8.73. The fraction of sp³-hybridized carbons (Fsp3) is 0.524. The Hall–Kier alpha value is -3.30. The van der Waals surface area contributed by atoms with Gasteiger partial charge in [0.1, 0.15) is 24.4 Å². The van der Waals surface area contributed by atoms with Crippen molar-refractivity contribution in [2.45, 2.75) is 65.5 Å². The molecular formula is C21H30N2O8. The topological polar surface area (TPSA) is 131 Å². The van der Waals surface area contributed by atoms with Crippen LogP contribution in [0, 0.1) is 0 Å². The van der Waals surface area contributed by atoms with Crippen LogP contribution in [-0.2, 0) is 30.4 Å². The van der Waals surface area contributed by atoms with Gasteiger partial charge in [0.2, 0.25) is 6.17 Å². The number of carboxylic acids is 1. The molecule has 31 heavy (non-hydrogen) atoms. The van der Waals surface area contributed by atoms with E-state index in [0.717, 1.165) is 0 Å². The maximum atomic E-state index is 12.6. The molecular weight excluding hydrogens is 408 g/mol. The molecule has 0 heterocycles. The smallest absolute Gasteiger partial charge is 0.412 e. The fourth-order valence-electron chi connectivity index (χ4n) is 2.24. The van der Waals surface area contributed by atoms with Crippen LogP contribution < -0.4 is 5.32 Å². The summed E-state index contributed by atoms with van der Waals surface area (Å²) in [6.45, 7) is 8.72. The second-order valence-corrected chi connectivity index (χ2v) is 8.64. The molecule has 0 radical (unpaired) electrons. The van der Waals surface area contributed by atoms with Gasteiger partial charge in [-0.25, -0.2) is 14.4 Å². The number of carbonyl (C=O) groups excluding carboxylic acids is 3. The Morgan fingerprint density at radius 2 is 1.52 bits per heavy atom. The molecule has 0 fully saturated rings. The van der Waals surface area contributed by atoms with Gasteiger partial charge in [-0.2, -0.15) is 0 Å². The van der Waals surface area contributed by atoms with E-state index >= 15 is 0 Å². The molecule has 0 aliphatic heterocycles. The molecule has 2 N–H and O–H groups in total. The molecule has 1 unspecified atom stereocenters. The number of amides is 2. The van der Waals surface area contributed by atoms with Crippen molar-refractivity contribution in [2.24, 2.45) is 0 Å². The summed E-state index contributed by atoms with van der Waals surface area (Å²) in [4.78, 5) is 49.4. The second-order valence-electron chi connectivity index (χ2n) is 8.64. The number of ether oxygens (including phenoxy) is 3. The third kappa shape index (κ3) is 10.3. The molecule has 2 amide bonds. The van der Waals surface area contributed by atoms with Gasteiger partial charge < -0.3 is 19.3 Å². The fourth-order valence-corrected chi connectivity index (χ4v) is 2.24. The molecule has 1 aromatic rings. The molecule has 1 aromatic carbocycles. The van der Waals surface area contributed by atoms with Crippen LogP contribution in [0.4, 0.5) is 9.59 Å². The number of hydrogen-bond acceptors (Lipinski definition) is 7. The molecule has 172 valence electrons. The molecule has 1 atom stereocenters. The summed E-state index contributed by atoms with van der Waals surface area (Å²) in [5.41, 5.74) is -1.15. The number of benzene rings is 1. The number of carboxylic acid groups (broad SMARTS) is 1. The monoisotopic (exact) mass is 438 g/mol. The largest absolute Gasteiger partial charge is 0.478 e.